The van der Waals surface area contributed by atoms with Crippen molar-refractivity contribution in [1.82, 2.24) is 24.2 Å². The average Bonchev–Trinajstić information content (AvgIpc) is 3.55. The third-order valence-electron chi connectivity index (χ3n) is 6.56. The number of amides is 1. The van der Waals surface area contributed by atoms with Gasteiger partial charge in [0.1, 0.15) is 11.2 Å². The fourth-order valence-electron chi connectivity index (χ4n) is 4.67. The first-order chi connectivity index (χ1) is 18.0. The minimum atomic E-state index is -0.998. The van der Waals surface area contributed by atoms with Crippen LogP contribution in [0, 0.1) is 0 Å². The van der Waals surface area contributed by atoms with Crippen molar-refractivity contribution in [3.8, 4) is 10.4 Å². The third kappa shape index (κ3) is 5.07. The number of methoxy groups -OCH3 is 1. The highest BCUT2D eigenvalue weighted by atomic mass is 32.1. The molecule has 194 valence electrons. The molecule has 0 aliphatic carbocycles. The highest BCUT2D eigenvalue weighted by Gasteiger charge is 2.28. The molecule has 4 heterocycles. The zero-order valence-electron chi connectivity index (χ0n) is 20.3. The topological polar surface area (TPSA) is 133 Å². The molecule has 1 fully saturated rings. The SMILES string of the molecule is COCCCc1noc(Cn2c(=O)n(C3CCN(C(=O)O)CC3)c(=O)c3sc(-c4ccccc4)cc32)n1. The van der Waals surface area contributed by atoms with Crippen molar-refractivity contribution in [2.75, 3.05) is 26.8 Å². The Labute approximate surface area is 215 Å². The van der Waals surface area contributed by atoms with Crippen LogP contribution in [0.2, 0.25) is 0 Å². The lowest BCUT2D eigenvalue weighted by Gasteiger charge is -2.30. The molecular weight excluding hydrogens is 498 g/mol. The lowest BCUT2D eigenvalue weighted by atomic mass is 10.1. The highest BCUT2D eigenvalue weighted by Crippen LogP contribution is 2.32. The predicted octanol–water partition coefficient (Wildman–Crippen LogP) is 3.22. The number of aryl methyl sites for hydroxylation is 1. The molecule has 0 spiro atoms. The first-order valence-electron chi connectivity index (χ1n) is 12.1. The number of carboxylic acid groups (broad SMARTS) is 1. The summed E-state index contributed by atoms with van der Waals surface area (Å²) in [6.45, 7) is 1.12. The summed E-state index contributed by atoms with van der Waals surface area (Å²) >= 11 is 1.33. The van der Waals surface area contributed by atoms with Crippen LogP contribution < -0.4 is 11.2 Å². The van der Waals surface area contributed by atoms with Gasteiger partial charge in [-0.15, -0.1) is 11.3 Å². The maximum absolute atomic E-state index is 13.8. The largest absolute Gasteiger partial charge is 0.465 e. The van der Waals surface area contributed by atoms with Gasteiger partial charge in [0.15, 0.2) is 5.82 Å². The summed E-state index contributed by atoms with van der Waals surface area (Å²) in [5.41, 5.74) is 0.629. The van der Waals surface area contributed by atoms with Crippen LogP contribution >= 0.6 is 11.3 Å². The second kappa shape index (κ2) is 10.7. The minimum Gasteiger partial charge on any atom is -0.465 e. The smallest absolute Gasteiger partial charge is 0.407 e. The molecule has 1 aliphatic rings. The zero-order valence-corrected chi connectivity index (χ0v) is 21.1. The number of hydrogen-bond donors (Lipinski definition) is 1. The average molecular weight is 526 g/mol. The van der Waals surface area contributed by atoms with Crippen molar-refractivity contribution in [1.29, 1.82) is 0 Å². The lowest BCUT2D eigenvalue weighted by Crippen LogP contribution is -2.46. The summed E-state index contributed by atoms with van der Waals surface area (Å²) in [5, 5.41) is 13.3. The fourth-order valence-corrected chi connectivity index (χ4v) is 5.77. The summed E-state index contributed by atoms with van der Waals surface area (Å²) in [4.78, 5) is 45.4. The first-order valence-corrected chi connectivity index (χ1v) is 12.9. The Morgan fingerprint density at radius 3 is 2.68 bits per heavy atom. The molecule has 1 aromatic carbocycles. The summed E-state index contributed by atoms with van der Waals surface area (Å²) in [7, 11) is 1.63. The molecule has 1 amide bonds. The first kappa shape index (κ1) is 24.9. The van der Waals surface area contributed by atoms with Crippen LogP contribution in [-0.2, 0) is 17.7 Å². The Morgan fingerprint density at radius 1 is 1.22 bits per heavy atom. The van der Waals surface area contributed by atoms with Crippen molar-refractivity contribution in [2.24, 2.45) is 0 Å². The standard InChI is InChI=1S/C25H27N5O6S/c1-35-13-5-8-20-26-21(36-27-20)15-29-18-14-19(16-6-3-2-4-7-16)37-22(18)23(31)30(24(29)32)17-9-11-28(12-10-17)25(33)34/h2-4,6-7,14,17H,5,8-13,15H2,1H3,(H,33,34). The molecule has 0 unspecified atom stereocenters. The molecule has 11 nitrogen and oxygen atoms in total. The molecule has 0 bridgehead atoms. The molecule has 3 aromatic heterocycles. The maximum atomic E-state index is 13.8. The lowest BCUT2D eigenvalue weighted by molar-refractivity contribution is 0.124. The molecule has 5 rings (SSSR count). The van der Waals surface area contributed by atoms with Gasteiger partial charge in [-0.2, -0.15) is 4.98 Å². The quantitative estimate of drug-likeness (QED) is 0.347. The Kier molecular flexibility index (Phi) is 7.19. The highest BCUT2D eigenvalue weighted by molar-refractivity contribution is 7.22. The van der Waals surface area contributed by atoms with E-state index in [4.69, 9.17) is 9.26 Å². The van der Waals surface area contributed by atoms with Gasteiger partial charge in [0.2, 0.25) is 5.89 Å². The van der Waals surface area contributed by atoms with E-state index in [-0.39, 0.29) is 31.1 Å². The van der Waals surface area contributed by atoms with E-state index >= 15 is 0 Å². The number of benzene rings is 1. The molecule has 1 N–H and O–H groups in total. The van der Waals surface area contributed by atoms with Crippen LogP contribution in [0.5, 0.6) is 0 Å². The van der Waals surface area contributed by atoms with E-state index in [0.29, 0.717) is 41.9 Å². The van der Waals surface area contributed by atoms with Crippen LogP contribution in [0.3, 0.4) is 0 Å². The van der Waals surface area contributed by atoms with Crippen LogP contribution in [0.15, 0.2) is 50.5 Å². The number of fused-ring (bicyclic) bond motifs is 1. The van der Waals surface area contributed by atoms with Crippen molar-refractivity contribution in [3.05, 3.63) is 69.0 Å². The number of ether oxygens (including phenoxy) is 1. The van der Waals surface area contributed by atoms with Gasteiger partial charge in [0, 0.05) is 44.1 Å². The number of thiophene rings is 1. The zero-order chi connectivity index (χ0) is 25.9. The summed E-state index contributed by atoms with van der Waals surface area (Å²) < 4.78 is 13.8. The van der Waals surface area contributed by atoms with Crippen molar-refractivity contribution >= 4 is 27.6 Å². The number of hydrogen-bond acceptors (Lipinski definition) is 8. The molecule has 0 saturated carbocycles. The Balaban J connectivity index is 1.57. The van der Waals surface area contributed by atoms with Gasteiger partial charge < -0.3 is 19.3 Å². The molecule has 1 aliphatic heterocycles. The number of aromatic nitrogens is 4. The Morgan fingerprint density at radius 2 is 1.97 bits per heavy atom. The van der Waals surface area contributed by atoms with Gasteiger partial charge in [0.25, 0.3) is 5.56 Å². The fraction of sp³-hybridized carbons (Fsp3) is 0.400. The van der Waals surface area contributed by atoms with Gasteiger partial charge in [0.05, 0.1) is 5.52 Å². The monoisotopic (exact) mass is 525 g/mol. The predicted molar refractivity (Wildman–Crippen MR) is 137 cm³/mol. The normalized spacial score (nSPS) is 14.5. The number of piperidine rings is 1. The van der Waals surface area contributed by atoms with Gasteiger partial charge in [-0.1, -0.05) is 35.5 Å². The van der Waals surface area contributed by atoms with Crippen LogP contribution in [0.1, 0.15) is 37.0 Å². The summed E-state index contributed by atoms with van der Waals surface area (Å²) in [5.74, 6) is 0.801. The third-order valence-corrected chi connectivity index (χ3v) is 7.73. The second-order valence-electron chi connectivity index (χ2n) is 8.94. The van der Waals surface area contributed by atoms with Gasteiger partial charge >= 0.3 is 11.8 Å². The van der Waals surface area contributed by atoms with Gasteiger partial charge in [-0.25, -0.2) is 9.59 Å². The van der Waals surface area contributed by atoms with E-state index in [9.17, 15) is 19.5 Å². The Hall–Kier alpha value is -3.77. The molecule has 0 radical (unpaired) electrons. The number of nitrogens with zero attached hydrogens (tertiary/aromatic N) is 5. The Bertz CT molecular complexity index is 1510. The second-order valence-corrected chi connectivity index (χ2v) is 9.99. The minimum absolute atomic E-state index is 0.0197. The van der Waals surface area contributed by atoms with Crippen LogP contribution in [0.4, 0.5) is 4.79 Å². The molecular formula is C25H27N5O6S. The molecule has 1 saturated heterocycles. The van der Waals surface area contributed by atoms with Crippen molar-refractivity contribution in [3.63, 3.8) is 0 Å². The van der Waals surface area contributed by atoms with E-state index in [0.717, 1.165) is 16.9 Å². The van der Waals surface area contributed by atoms with Crippen molar-refractivity contribution in [2.45, 2.75) is 38.3 Å². The van der Waals surface area contributed by atoms with E-state index < -0.39 is 17.8 Å². The van der Waals surface area contributed by atoms with Crippen LogP contribution in [-0.4, -0.2) is 62.2 Å². The van der Waals surface area contributed by atoms with Crippen molar-refractivity contribution < 1.29 is 19.2 Å². The van der Waals surface area contributed by atoms with E-state index in [1.54, 1.807) is 7.11 Å². The summed E-state index contributed by atoms with van der Waals surface area (Å²) in [6, 6.07) is 11.1. The van der Waals surface area contributed by atoms with Gasteiger partial charge in [-0.05, 0) is 30.9 Å². The van der Waals surface area contributed by atoms with E-state index in [1.807, 2.05) is 36.4 Å². The number of rotatable bonds is 8. The summed E-state index contributed by atoms with van der Waals surface area (Å²) in [6.07, 6.45) is 1.09. The number of carbonyl (C=O) groups is 1. The molecule has 4 aromatic rings. The van der Waals surface area contributed by atoms with E-state index in [1.165, 1.54) is 25.4 Å². The maximum Gasteiger partial charge on any atom is 0.407 e. The van der Waals surface area contributed by atoms with Crippen LogP contribution in [0.25, 0.3) is 20.7 Å². The number of likely N-dealkylation sites (tertiary alicyclic amines) is 1. The van der Waals surface area contributed by atoms with Gasteiger partial charge in [-0.3, -0.25) is 13.9 Å². The van der Waals surface area contributed by atoms with E-state index in [2.05, 4.69) is 10.1 Å². The molecule has 0 atom stereocenters. The molecule has 37 heavy (non-hydrogen) atoms. The molecule has 12 heteroatoms.